The first-order chi connectivity index (χ1) is 18.4. The summed E-state index contributed by atoms with van der Waals surface area (Å²) in [6.07, 6.45) is 0. The molecule has 0 aliphatic rings. The van der Waals surface area contributed by atoms with Crippen LogP contribution in [-0.2, 0) is 0 Å². The molecule has 8 nitrogen and oxygen atoms in total. The van der Waals surface area contributed by atoms with Crippen molar-refractivity contribution in [3.05, 3.63) is 111 Å². The highest BCUT2D eigenvalue weighted by molar-refractivity contribution is 6.31. The number of carbonyl (C=O) groups excluding carboxylic acids is 2. The highest BCUT2D eigenvalue weighted by Gasteiger charge is 2.21. The van der Waals surface area contributed by atoms with Gasteiger partial charge in [0.05, 0.1) is 5.52 Å². The minimum Gasteiger partial charge on any atom is -0.403 e. The molecular formula is C29H19ClN4O4. The van der Waals surface area contributed by atoms with Crippen LogP contribution in [0.4, 0.5) is 0 Å². The number of aryl methyl sites for hydroxylation is 1. The molecule has 0 fully saturated rings. The number of nitrogens with zero attached hydrogens (tertiary/aromatic N) is 1. The zero-order chi connectivity index (χ0) is 26.4. The number of carbonyl (C=O) groups is 2. The summed E-state index contributed by atoms with van der Waals surface area (Å²) < 4.78 is 5.31. The average Bonchev–Trinajstić information content (AvgIpc) is 3.29. The van der Waals surface area contributed by atoms with Crippen LogP contribution in [0, 0.1) is 6.92 Å². The van der Waals surface area contributed by atoms with Gasteiger partial charge >= 0.3 is 5.63 Å². The molecule has 186 valence electrons. The Labute approximate surface area is 220 Å². The average molecular weight is 523 g/mol. The van der Waals surface area contributed by atoms with Crippen molar-refractivity contribution >= 4 is 56.3 Å². The molecule has 3 aromatic carbocycles. The van der Waals surface area contributed by atoms with Crippen molar-refractivity contribution in [2.45, 2.75) is 6.92 Å². The van der Waals surface area contributed by atoms with E-state index in [1.807, 2.05) is 55.5 Å². The predicted octanol–water partition coefficient (Wildman–Crippen LogP) is 5.53. The van der Waals surface area contributed by atoms with Crippen LogP contribution in [0.25, 0.3) is 44.0 Å². The molecule has 6 rings (SSSR count). The van der Waals surface area contributed by atoms with Crippen molar-refractivity contribution in [3.8, 4) is 11.1 Å². The molecule has 3 heterocycles. The molecule has 0 saturated heterocycles. The Morgan fingerprint density at radius 1 is 0.895 bits per heavy atom. The quantitative estimate of drug-likeness (QED) is 0.209. The zero-order valence-electron chi connectivity index (χ0n) is 20.0. The van der Waals surface area contributed by atoms with Crippen molar-refractivity contribution in [1.82, 2.24) is 20.8 Å². The molecule has 0 aliphatic heterocycles. The van der Waals surface area contributed by atoms with Crippen LogP contribution in [0.5, 0.6) is 0 Å². The van der Waals surface area contributed by atoms with Gasteiger partial charge in [0, 0.05) is 32.3 Å². The van der Waals surface area contributed by atoms with Crippen LogP contribution in [0.15, 0.2) is 88.1 Å². The monoisotopic (exact) mass is 522 g/mol. The maximum atomic E-state index is 13.2. The van der Waals surface area contributed by atoms with Gasteiger partial charge in [0.15, 0.2) is 0 Å². The van der Waals surface area contributed by atoms with E-state index in [1.54, 1.807) is 24.3 Å². The van der Waals surface area contributed by atoms with Crippen molar-refractivity contribution < 1.29 is 14.0 Å². The second-order valence-electron chi connectivity index (χ2n) is 8.87. The first-order valence-electron chi connectivity index (χ1n) is 11.7. The number of benzene rings is 3. The van der Waals surface area contributed by atoms with E-state index >= 15 is 0 Å². The molecule has 0 aliphatic carbocycles. The lowest BCUT2D eigenvalue weighted by Gasteiger charge is -2.09. The summed E-state index contributed by atoms with van der Waals surface area (Å²) in [6, 6.07) is 23.5. The lowest BCUT2D eigenvalue weighted by Crippen LogP contribution is -2.43. The summed E-state index contributed by atoms with van der Waals surface area (Å²) in [6.45, 7) is 1.96. The Morgan fingerprint density at radius 3 is 2.50 bits per heavy atom. The Kier molecular flexibility index (Phi) is 5.66. The van der Waals surface area contributed by atoms with Gasteiger partial charge < -0.3 is 9.40 Å². The number of halogens is 1. The fraction of sp³-hybridized carbons (Fsp3) is 0.0345. The third-order valence-corrected chi connectivity index (χ3v) is 6.49. The van der Waals surface area contributed by atoms with E-state index in [1.165, 1.54) is 6.07 Å². The summed E-state index contributed by atoms with van der Waals surface area (Å²) in [5, 5.41) is 2.61. The molecule has 0 spiro atoms. The first-order valence-corrected chi connectivity index (χ1v) is 12.1. The number of pyridine rings is 1. The van der Waals surface area contributed by atoms with E-state index in [0.29, 0.717) is 27.0 Å². The van der Waals surface area contributed by atoms with Crippen LogP contribution in [-0.4, -0.2) is 21.8 Å². The molecule has 3 aromatic heterocycles. The van der Waals surface area contributed by atoms with Gasteiger partial charge in [-0.25, -0.2) is 9.78 Å². The van der Waals surface area contributed by atoms with Crippen molar-refractivity contribution in [1.29, 1.82) is 0 Å². The van der Waals surface area contributed by atoms with E-state index in [9.17, 15) is 14.4 Å². The molecule has 2 amide bonds. The van der Waals surface area contributed by atoms with Crippen molar-refractivity contribution in [2.24, 2.45) is 0 Å². The summed E-state index contributed by atoms with van der Waals surface area (Å²) in [4.78, 5) is 46.2. The number of hydrazine groups is 1. The molecule has 0 atom stereocenters. The van der Waals surface area contributed by atoms with Crippen LogP contribution >= 0.6 is 11.6 Å². The van der Waals surface area contributed by atoms with Gasteiger partial charge in [-0.15, -0.1) is 0 Å². The van der Waals surface area contributed by atoms with E-state index in [4.69, 9.17) is 16.0 Å². The van der Waals surface area contributed by atoms with Crippen LogP contribution in [0.1, 0.15) is 26.4 Å². The van der Waals surface area contributed by atoms with Crippen LogP contribution in [0.2, 0.25) is 5.02 Å². The van der Waals surface area contributed by atoms with E-state index in [2.05, 4.69) is 20.8 Å². The topological polar surface area (TPSA) is 117 Å². The number of H-pyrrole nitrogens is 1. The van der Waals surface area contributed by atoms with Gasteiger partial charge in [-0.1, -0.05) is 53.6 Å². The summed E-state index contributed by atoms with van der Waals surface area (Å²) in [5.41, 5.74) is 7.78. The van der Waals surface area contributed by atoms with Gasteiger partial charge in [0.1, 0.15) is 11.3 Å². The summed E-state index contributed by atoms with van der Waals surface area (Å²) in [7, 11) is 0. The number of fused-ring (bicyclic) bond motifs is 3. The van der Waals surface area contributed by atoms with E-state index in [-0.39, 0.29) is 17.0 Å². The van der Waals surface area contributed by atoms with Gasteiger partial charge in [-0.3, -0.25) is 20.4 Å². The maximum absolute atomic E-state index is 13.2. The number of rotatable bonds is 3. The normalized spacial score (nSPS) is 11.2. The fourth-order valence-corrected chi connectivity index (χ4v) is 4.65. The smallest absolute Gasteiger partial charge is 0.350 e. The van der Waals surface area contributed by atoms with Gasteiger partial charge in [0.25, 0.3) is 11.8 Å². The fourth-order valence-electron chi connectivity index (χ4n) is 4.48. The van der Waals surface area contributed by atoms with Crippen molar-refractivity contribution in [2.75, 3.05) is 0 Å². The lowest BCUT2D eigenvalue weighted by molar-refractivity contribution is 0.0842. The molecule has 9 heteroatoms. The Hall–Kier alpha value is -4.95. The number of aromatic amines is 1. The molecule has 0 bridgehead atoms. The first kappa shape index (κ1) is 23.4. The molecule has 6 aromatic rings. The zero-order valence-corrected chi connectivity index (χ0v) is 20.7. The number of hydrogen-bond acceptors (Lipinski definition) is 5. The summed E-state index contributed by atoms with van der Waals surface area (Å²) >= 11 is 6.22. The third-order valence-electron chi connectivity index (χ3n) is 6.26. The highest BCUT2D eigenvalue weighted by Crippen LogP contribution is 2.34. The summed E-state index contributed by atoms with van der Waals surface area (Å²) in [5.74, 6) is -1.42. The van der Waals surface area contributed by atoms with Gasteiger partial charge in [0.2, 0.25) is 5.71 Å². The van der Waals surface area contributed by atoms with E-state index < -0.39 is 17.4 Å². The maximum Gasteiger partial charge on any atom is 0.350 e. The second-order valence-corrected chi connectivity index (χ2v) is 9.30. The Bertz CT molecular complexity index is 1960. The lowest BCUT2D eigenvalue weighted by atomic mass is 10.0. The van der Waals surface area contributed by atoms with Gasteiger partial charge in [-0.2, -0.15) is 0 Å². The molecular weight excluding hydrogens is 504 g/mol. The van der Waals surface area contributed by atoms with E-state index in [0.717, 1.165) is 21.9 Å². The predicted molar refractivity (Wildman–Crippen MR) is 146 cm³/mol. The van der Waals surface area contributed by atoms with Gasteiger partial charge in [-0.05, 0) is 55.0 Å². The van der Waals surface area contributed by atoms with Crippen LogP contribution in [0.3, 0.4) is 0 Å². The Balaban J connectivity index is 1.31. The molecule has 0 radical (unpaired) electrons. The SMILES string of the molecule is Cc1ccc2nc3oc(=O)c(C(=O)NNC(=O)c4[nH]c5ccc(Cl)cc5c4-c4ccccc4)cc3cc2c1. The number of amides is 2. The number of aromatic nitrogens is 2. The highest BCUT2D eigenvalue weighted by atomic mass is 35.5. The van der Waals surface area contributed by atoms with Crippen LogP contribution < -0.4 is 16.5 Å². The number of nitrogens with one attached hydrogen (secondary N) is 3. The molecule has 3 N–H and O–H groups in total. The minimum absolute atomic E-state index is 0.121. The molecule has 0 saturated carbocycles. The largest absolute Gasteiger partial charge is 0.403 e. The third kappa shape index (κ3) is 4.16. The Morgan fingerprint density at radius 2 is 1.68 bits per heavy atom. The minimum atomic E-state index is -0.867. The standard InChI is InChI=1S/C29H19ClN4O4/c1-15-7-9-22-17(11-15)12-18-13-21(29(37)38-28(18)32-22)26(35)33-34-27(36)25-24(16-5-3-2-4-6-16)20-14-19(30)8-10-23(20)31-25/h2-14,31H,1H3,(H,33,35)(H,34,36). The second kappa shape index (κ2) is 9.17. The molecule has 38 heavy (non-hydrogen) atoms. The van der Waals surface area contributed by atoms with Crippen molar-refractivity contribution in [3.63, 3.8) is 0 Å². The number of hydrogen-bond donors (Lipinski definition) is 3. The molecule has 0 unspecified atom stereocenters.